The van der Waals surface area contributed by atoms with E-state index in [9.17, 15) is 0 Å². The van der Waals surface area contributed by atoms with E-state index < -0.39 is 0 Å². The van der Waals surface area contributed by atoms with E-state index in [1.165, 1.54) is 0 Å². The Morgan fingerprint density at radius 2 is 2.15 bits per heavy atom. The molecule has 2 aromatic rings. The predicted molar refractivity (Wildman–Crippen MR) is 86.5 cm³/mol. The molecule has 20 heavy (non-hydrogen) atoms. The first-order valence-electron chi connectivity index (χ1n) is 6.82. The maximum Gasteiger partial charge on any atom is 0.0901 e. The van der Waals surface area contributed by atoms with E-state index in [2.05, 4.69) is 53.8 Å². The molecule has 0 fully saturated rings. The molecule has 1 aromatic heterocycles. The zero-order valence-corrected chi connectivity index (χ0v) is 13.4. The number of anilines is 1. The second-order valence-electron chi connectivity index (χ2n) is 5.47. The largest absolute Gasteiger partial charge is 0.385 e. The van der Waals surface area contributed by atoms with Gasteiger partial charge < -0.3 is 10.1 Å². The SMILES string of the molecule is COC(C)(C)CCNc1cccc(-c2csc(C)n2)c1. The number of nitrogens with one attached hydrogen (secondary N) is 1. The lowest BCUT2D eigenvalue weighted by molar-refractivity contribution is 0.0185. The highest BCUT2D eigenvalue weighted by molar-refractivity contribution is 7.09. The minimum absolute atomic E-state index is 0.0867. The van der Waals surface area contributed by atoms with Crippen molar-refractivity contribution in [3.8, 4) is 11.3 Å². The van der Waals surface area contributed by atoms with Crippen molar-refractivity contribution in [1.29, 1.82) is 0 Å². The number of aryl methyl sites for hydroxylation is 1. The molecule has 0 spiro atoms. The van der Waals surface area contributed by atoms with Crippen LogP contribution in [0.5, 0.6) is 0 Å². The van der Waals surface area contributed by atoms with E-state index in [0.717, 1.165) is 34.9 Å². The smallest absolute Gasteiger partial charge is 0.0901 e. The van der Waals surface area contributed by atoms with Crippen LogP contribution in [0.4, 0.5) is 5.69 Å². The van der Waals surface area contributed by atoms with Gasteiger partial charge >= 0.3 is 0 Å². The Morgan fingerprint density at radius 3 is 2.80 bits per heavy atom. The molecular weight excluding hydrogens is 268 g/mol. The highest BCUT2D eigenvalue weighted by atomic mass is 32.1. The zero-order chi connectivity index (χ0) is 14.6. The molecule has 0 amide bonds. The quantitative estimate of drug-likeness (QED) is 0.859. The van der Waals surface area contributed by atoms with Crippen LogP contribution in [0.2, 0.25) is 0 Å². The van der Waals surface area contributed by atoms with Crippen LogP contribution < -0.4 is 5.32 Å². The lowest BCUT2D eigenvalue weighted by atomic mass is 10.1. The van der Waals surface area contributed by atoms with Gasteiger partial charge in [0, 0.05) is 30.3 Å². The molecule has 1 heterocycles. The second-order valence-corrected chi connectivity index (χ2v) is 6.54. The van der Waals surface area contributed by atoms with Gasteiger partial charge in [0.1, 0.15) is 0 Å². The number of ether oxygens (including phenoxy) is 1. The maximum absolute atomic E-state index is 5.42. The van der Waals surface area contributed by atoms with Crippen LogP contribution in [0, 0.1) is 6.92 Å². The first-order valence-corrected chi connectivity index (χ1v) is 7.70. The lowest BCUT2D eigenvalue weighted by Gasteiger charge is -2.23. The molecule has 2 rings (SSSR count). The number of thiazole rings is 1. The molecule has 0 aliphatic heterocycles. The summed E-state index contributed by atoms with van der Waals surface area (Å²) in [6.45, 7) is 7.12. The third kappa shape index (κ3) is 4.05. The summed E-state index contributed by atoms with van der Waals surface area (Å²) < 4.78 is 5.42. The summed E-state index contributed by atoms with van der Waals surface area (Å²) in [5, 5.41) is 6.64. The number of hydrogen-bond donors (Lipinski definition) is 1. The molecule has 0 bridgehead atoms. The Hall–Kier alpha value is -1.39. The minimum Gasteiger partial charge on any atom is -0.385 e. The highest BCUT2D eigenvalue weighted by Crippen LogP contribution is 2.24. The van der Waals surface area contributed by atoms with Crippen LogP contribution in [0.25, 0.3) is 11.3 Å². The van der Waals surface area contributed by atoms with Crippen molar-refractivity contribution in [3.05, 3.63) is 34.7 Å². The predicted octanol–water partition coefficient (Wildman–Crippen LogP) is 4.35. The molecule has 0 unspecified atom stereocenters. The third-order valence-electron chi connectivity index (χ3n) is 3.39. The van der Waals surface area contributed by atoms with Gasteiger partial charge in [-0.3, -0.25) is 0 Å². The minimum atomic E-state index is -0.0867. The summed E-state index contributed by atoms with van der Waals surface area (Å²) in [5.41, 5.74) is 3.25. The molecule has 1 aromatic carbocycles. The van der Waals surface area contributed by atoms with Crippen molar-refractivity contribution in [2.24, 2.45) is 0 Å². The second kappa shape index (κ2) is 6.37. The van der Waals surface area contributed by atoms with Gasteiger partial charge in [0.2, 0.25) is 0 Å². The Labute approximate surface area is 125 Å². The Kier molecular flexibility index (Phi) is 4.78. The fraction of sp³-hybridized carbons (Fsp3) is 0.438. The molecular formula is C16H22N2OS. The molecule has 1 N–H and O–H groups in total. The molecule has 0 atom stereocenters. The molecule has 4 heteroatoms. The Bertz CT molecular complexity index is 563. The van der Waals surface area contributed by atoms with Crippen LogP contribution in [0.1, 0.15) is 25.3 Å². The normalized spacial score (nSPS) is 11.6. The van der Waals surface area contributed by atoms with Crippen molar-refractivity contribution in [3.63, 3.8) is 0 Å². The maximum atomic E-state index is 5.42. The van der Waals surface area contributed by atoms with Gasteiger partial charge in [0.15, 0.2) is 0 Å². The van der Waals surface area contributed by atoms with Gasteiger partial charge in [0.25, 0.3) is 0 Å². The number of rotatable bonds is 6. The van der Waals surface area contributed by atoms with Crippen LogP contribution in [0.15, 0.2) is 29.6 Å². The summed E-state index contributed by atoms with van der Waals surface area (Å²) in [6, 6.07) is 8.39. The van der Waals surface area contributed by atoms with Gasteiger partial charge in [-0.25, -0.2) is 4.98 Å². The van der Waals surface area contributed by atoms with Crippen LogP contribution in [-0.4, -0.2) is 24.2 Å². The van der Waals surface area contributed by atoms with Crippen LogP contribution >= 0.6 is 11.3 Å². The van der Waals surface area contributed by atoms with Gasteiger partial charge in [0.05, 0.1) is 16.3 Å². The Morgan fingerprint density at radius 1 is 1.35 bits per heavy atom. The fourth-order valence-corrected chi connectivity index (χ4v) is 2.52. The van der Waals surface area contributed by atoms with E-state index in [0.29, 0.717) is 0 Å². The molecule has 108 valence electrons. The first kappa shape index (κ1) is 15.0. The fourth-order valence-electron chi connectivity index (χ4n) is 1.89. The van der Waals surface area contributed by atoms with E-state index in [1.807, 2.05) is 6.92 Å². The van der Waals surface area contributed by atoms with Crippen LogP contribution in [-0.2, 0) is 4.74 Å². The summed E-state index contributed by atoms with van der Waals surface area (Å²) in [6.07, 6.45) is 0.962. The summed E-state index contributed by atoms with van der Waals surface area (Å²) in [5.74, 6) is 0. The van der Waals surface area contributed by atoms with Gasteiger partial charge in [-0.05, 0) is 39.3 Å². The number of nitrogens with zero attached hydrogens (tertiary/aromatic N) is 1. The van der Waals surface area contributed by atoms with Crippen molar-refractivity contribution < 1.29 is 4.74 Å². The number of hydrogen-bond acceptors (Lipinski definition) is 4. The van der Waals surface area contributed by atoms with Crippen molar-refractivity contribution in [2.45, 2.75) is 32.8 Å². The summed E-state index contributed by atoms with van der Waals surface area (Å²) >= 11 is 1.68. The van der Waals surface area contributed by atoms with Crippen LogP contribution in [0.3, 0.4) is 0 Å². The number of methoxy groups -OCH3 is 1. The molecule has 0 aliphatic carbocycles. The average molecular weight is 290 g/mol. The van der Waals surface area contributed by atoms with E-state index in [1.54, 1.807) is 18.4 Å². The van der Waals surface area contributed by atoms with Gasteiger partial charge in [-0.1, -0.05) is 12.1 Å². The number of aromatic nitrogens is 1. The first-order chi connectivity index (χ1) is 9.50. The highest BCUT2D eigenvalue weighted by Gasteiger charge is 2.15. The summed E-state index contributed by atoms with van der Waals surface area (Å²) in [7, 11) is 1.76. The molecule has 3 nitrogen and oxygen atoms in total. The molecule has 0 saturated carbocycles. The zero-order valence-electron chi connectivity index (χ0n) is 12.6. The van der Waals surface area contributed by atoms with E-state index in [-0.39, 0.29) is 5.60 Å². The van der Waals surface area contributed by atoms with Gasteiger partial charge in [-0.15, -0.1) is 11.3 Å². The monoisotopic (exact) mass is 290 g/mol. The van der Waals surface area contributed by atoms with E-state index in [4.69, 9.17) is 4.74 Å². The molecule has 0 aliphatic rings. The Balaban J connectivity index is 2.00. The molecule has 0 saturated heterocycles. The molecule has 0 radical (unpaired) electrons. The van der Waals surface area contributed by atoms with Gasteiger partial charge in [-0.2, -0.15) is 0 Å². The number of benzene rings is 1. The van der Waals surface area contributed by atoms with E-state index >= 15 is 0 Å². The van der Waals surface area contributed by atoms with Crippen molar-refractivity contribution in [2.75, 3.05) is 19.0 Å². The average Bonchev–Trinajstić information content (AvgIpc) is 2.86. The summed E-state index contributed by atoms with van der Waals surface area (Å²) in [4.78, 5) is 4.53. The third-order valence-corrected chi connectivity index (χ3v) is 4.16. The van der Waals surface area contributed by atoms with Crippen molar-refractivity contribution >= 4 is 17.0 Å². The topological polar surface area (TPSA) is 34.1 Å². The van der Waals surface area contributed by atoms with Crippen molar-refractivity contribution in [1.82, 2.24) is 4.98 Å². The lowest BCUT2D eigenvalue weighted by Crippen LogP contribution is -2.25. The standard InChI is InChI=1S/C16H22N2OS/c1-12-18-15(11-20-12)13-6-5-7-14(10-13)17-9-8-16(2,3)19-4/h5-7,10-11,17H,8-9H2,1-4H3.